The molecule has 0 aliphatic carbocycles. The van der Waals surface area contributed by atoms with Crippen molar-refractivity contribution in [2.45, 2.75) is 264 Å². The maximum atomic E-state index is 14.9. The van der Waals surface area contributed by atoms with Gasteiger partial charge in [-0.3, -0.25) is 67.6 Å². The number of nitrogens with zero attached hydrogens (tertiary/aromatic N) is 1. The quantitative estimate of drug-likeness (QED) is 0.0421. The van der Waals surface area contributed by atoms with Gasteiger partial charge in [-0.2, -0.15) is 0 Å². The van der Waals surface area contributed by atoms with E-state index >= 15 is 0 Å². The number of nitrogens with two attached hydrogens (primary N) is 6. The van der Waals surface area contributed by atoms with Crippen LogP contribution in [0, 0.1) is 47.3 Å². The number of aliphatic hydroxyl groups excluding tert-OH is 1. The van der Waals surface area contributed by atoms with E-state index in [9.17, 15) is 67.4 Å². The van der Waals surface area contributed by atoms with E-state index in [0.29, 0.717) is 134 Å². The SMILES string of the molecule is CCC(C)C(CC(=O)CN)C(=O)NCC(=O)CC(CCCCN)C(=O)NC(Cc1ccccc1)C(=O)CC(CC(C)C)C(=O)NC(CCCCN)C(=O)CC(CCCCN)C(=O)NC(C)C(=O)CC1CCCCNC(C)NC(=O)C(CCCCN)NC(=O)CN2c3ccccc3CC(CC(=O)C(CCCCN)NC1=O)C2O. The Labute approximate surface area is 663 Å². The summed E-state index contributed by atoms with van der Waals surface area (Å²) < 4.78 is 0. The third kappa shape index (κ3) is 34.9. The minimum atomic E-state index is -1.32. The highest BCUT2D eigenvalue weighted by Gasteiger charge is 2.40. The molecular weight excluding hydrogens is 1430 g/mol. The molecule has 2 bridgehead atoms. The maximum Gasteiger partial charge on any atom is 0.243 e. The van der Waals surface area contributed by atoms with Gasteiger partial charge in [0, 0.05) is 79.7 Å². The van der Waals surface area contributed by atoms with Crippen LogP contribution in [0.5, 0.6) is 0 Å². The standard InChI is InChI=1S/C83H137N15O14/c1-7-54(4)66(49-64(99)50-89)81(110)91-51-65(100)44-59(28-13-19-35-84)78(107)97-70(42-57-25-9-8-10-26-57)75(104)47-62(41-53(2)3)80(109)96-67(31-15-21-37-86)73(102)46-61(29-14-20-36-85)77(106)92-55(5)72(101)45-60-30-18-24-40-90-56(6)93-82(111)69(33-17-23-39-88)94-76(105)52-98-71-34-12-11-27-58(71)43-63(83(98)112)48-74(103)68(95-79(60)108)32-16-22-38-87/h8-12,25-27,34,53-56,59-63,66-70,83,90,112H,7,13-24,28-33,35-52,84-89H2,1-6H3,(H,91,110)(H,92,106)(H,93,111)(H,94,105)(H,95,108)(H,96,109)(H,97,107). The molecule has 2 aliphatic rings. The number of nitrogens with one attached hydrogen (secondary N) is 8. The van der Waals surface area contributed by atoms with E-state index in [4.69, 9.17) is 34.4 Å². The zero-order chi connectivity index (χ0) is 82.7. The first-order chi connectivity index (χ1) is 53.6. The zero-order valence-electron chi connectivity index (χ0n) is 67.7. The van der Waals surface area contributed by atoms with Crippen molar-refractivity contribution in [1.82, 2.24) is 42.5 Å². The summed E-state index contributed by atoms with van der Waals surface area (Å²) in [5.41, 5.74) is 37.1. The van der Waals surface area contributed by atoms with Crippen LogP contribution in [0.2, 0.25) is 0 Å². The van der Waals surface area contributed by atoms with Gasteiger partial charge in [0.1, 0.15) is 18.1 Å². The maximum absolute atomic E-state index is 14.9. The Morgan fingerprint density at radius 2 is 1.13 bits per heavy atom. The number of unbranched alkanes of at least 4 members (excludes halogenated alkanes) is 5. The Morgan fingerprint density at radius 3 is 1.76 bits per heavy atom. The van der Waals surface area contributed by atoms with E-state index in [0.717, 1.165) is 5.56 Å². The molecule has 0 aromatic heterocycles. The first-order valence-electron chi connectivity index (χ1n) is 41.4. The number of aliphatic hydroxyl groups is 1. The van der Waals surface area contributed by atoms with Crippen LogP contribution in [0.4, 0.5) is 5.69 Å². The molecule has 1 fully saturated rings. The molecule has 7 amide bonds. The second kappa shape index (κ2) is 53.3. The molecule has 2 aliphatic heterocycles. The van der Waals surface area contributed by atoms with Crippen molar-refractivity contribution in [2.24, 2.45) is 81.7 Å². The minimum Gasteiger partial charge on any atom is -0.373 e. The Morgan fingerprint density at radius 1 is 0.571 bits per heavy atom. The van der Waals surface area contributed by atoms with Gasteiger partial charge >= 0.3 is 0 Å². The van der Waals surface area contributed by atoms with Crippen molar-refractivity contribution >= 4 is 81.7 Å². The summed E-state index contributed by atoms with van der Waals surface area (Å²) in [6.45, 7) is 11.8. The van der Waals surface area contributed by atoms with Crippen molar-refractivity contribution in [2.75, 3.05) is 63.8 Å². The number of para-hydroxylation sites is 1. The fraction of sp³-hybridized carbons (Fsp3) is 0.699. The summed E-state index contributed by atoms with van der Waals surface area (Å²) in [6, 6.07) is 10.8. The van der Waals surface area contributed by atoms with Crippen molar-refractivity contribution < 1.29 is 67.4 Å². The number of rotatable bonds is 49. The molecule has 2 heterocycles. The third-order valence-electron chi connectivity index (χ3n) is 21.7. The summed E-state index contributed by atoms with van der Waals surface area (Å²) >= 11 is 0. The fourth-order valence-corrected chi connectivity index (χ4v) is 14.8. The Kier molecular flexibility index (Phi) is 46.0. The number of carbonyl (C=O) groups is 13. The number of carbonyl (C=O) groups excluding carboxylic acids is 13. The Bertz CT molecular complexity index is 3290. The molecule has 112 heavy (non-hydrogen) atoms. The summed E-state index contributed by atoms with van der Waals surface area (Å²) in [5.74, 6) is -11.9. The average molecular weight is 1570 g/mol. The molecule has 29 nitrogen and oxygen atoms in total. The topological polar surface area (TPSA) is 498 Å². The van der Waals surface area contributed by atoms with Crippen LogP contribution >= 0.6 is 0 Å². The third-order valence-corrected chi connectivity index (χ3v) is 21.7. The summed E-state index contributed by atoms with van der Waals surface area (Å²) in [4.78, 5) is 187. The first kappa shape index (κ1) is 96.6. The van der Waals surface area contributed by atoms with Crippen LogP contribution in [-0.2, 0) is 75.2 Å². The second-order valence-electron chi connectivity index (χ2n) is 31.5. The van der Waals surface area contributed by atoms with Gasteiger partial charge in [0.05, 0.1) is 50.0 Å². The monoisotopic (exact) mass is 1570 g/mol. The van der Waals surface area contributed by atoms with E-state index < -0.39 is 149 Å². The van der Waals surface area contributed by atoms with E-state index in [1.54, 1.807) is 43.3 Å². The van der Waals surface area contributed by atoms with Crippen LogP contribution in [-0.4, -0.2) is 183 Å². The lowest BCUT2D eigenvalue weighted by atomic mass is 9.85. The molecule has 29 heteroatoms. The molecule has 1 saturated heterocycles. The highest BCUT2D eigenvalue weighted by Crippen LogP contribution is 2.35. The molecule has 21 N–H and O–H groups in total. The normalized spacial score (nSPS) is 20.3. The minimum absolute atomic E-state index is 0.0410. The number of amides is 7. The van der Waals surface area contributed by atoms with Crippen LogP contribution in [0.15, 0.2) is 54.6 Å². The largest absolute Gasteiger partial charge is 0.373 e. The van der Waals surface area contributed by atoms with Crippen molar-refractivity contribution in [3.05, 3.63) is 65.7 Å². The molecule has 14 unspecified atom stereocenters. The number of hydrogen-bond acceptors (Lipinski definition) is 22. The number of Topliss-reactive ketones (excluding diaryl/α,β-unsaturated/α-hetero) is 6. The lowest BCUT2D eigenvalue weighted by Crippen LogP contribution is -2.55. The predicted octanol–water partition coefficient (Wildman–Crippen LogP) is 3.55. The summed E-state index contributed by atoms with van der Waals surface area (Å²) in [6.07, 6.45) is 4.93. The van der Waals surface area contributed by atoms with E-state index in [1.165, 1.54) is 11.8 Å². The summed E-state index contributed by atoms with van der Waals surface area (Å²) in [5, 5.41) is 35.6. The fourth-order valence-electron chi connectivity index (χ4n) is 14.8. The molecule has 628 valence electrons. The second-order valence-corrected chi connectivity index (χ2v) is 31.5. The zero-order valence-corrected chi connectivity index (χ0v) is 67.7. The molecular formula is C83H137N15O14. The van der Waals surface area contributed by atoms with Gasteiger partial charge < -0.3 is 81.6 Å². The number of fused-ring (bicyclic) bond motifs is 4. The number of ketones is 6. The van der Waals surface area contributed by atoms with Gasteiger partial charge in [-0.15, -0.1) is 0 Å². The van der Waals surface area contributed by atoms with E-state index in [-0.39, 0.29) is 133 Å². The first-order valence-corrected chi connectivity index (χ1v) is 41.4. The lowest BCUT2D eigenvalue weighted by Gasteiger charge is -2.40. The van der Waals surface area contributed by atoms with Gasteiger partial charge in [0.15, 0.2) is 28.9 Å². The van der Waals surface area contributed by atoms with E-state index in [2.05, 4.69) is 42.5 Å². The van der Waals surface area contributed by atoms with Gasteiger partial charge in [0.2, 0.25) is 41.4 Å². The molecule has 0 saturated carbocycles. The van der Waals surface area contributed by atoms with Crippen molar-refractivity contribution in [3.8, 4) is 0 Å². The van der Waals surface area contributed by atoms with Crippen LogP contribution in [0.1, 0.15) is 220 Å². The highest BCUT2D eigenvalue weighted by atomic mass is 16.3. The molecule has 4 rings (SSSR count). The van der Waals surface area contributed by atoms with Gasteiger partial charge in [-0.1, -0.05) is 102 Å². The van der Waals surface area contributed by atoms with Crippen molar-refractivity contribution in [3.63, 3.8) is 0 Å². The van der Waals surface area contributed by atoms with E-state index in [1.807, 2.05) is 45.9 Å². The highest BCUT2D eigenvalue weighted by molar-refractivity contribution is 5.99. The molecule has 2 aromatic rings. The van der Waals surface area contributed by atoms with Gasteiger partial charge in [-0.05, 0) is 198 Å². The van der Waals surface area contributed by atoms with Gasteiger partial charge in [0.25, 0.3) is 0 Å². The van der Waals surface area contributed by atoms with Crippen LogP contribution in [0.3, 0.4) is 0 Å². The average Bonchev–Trinajstić information content (AvgIpc) is 0.789. The number of anilines is 1. The predicted molar refractivity (Wildman–Crippen MR) is 433 cm³/mol. The lowest BCUT2D eigenvalue weighted by molar-refractivity contribution is -0.136. The Balaban J connectivity index is 1.60. The van der Waals surface area contributed by atoms with Crippen LogP contribution < -0.4 is 81.8 Å². The number of benzene rings is 2. The molecule has 0 spiro atoms. The van der Waals surface area contributed by atoms with Crippen molar-refractivity contribution in [1.29, 1.82) is 0 Å². The number of hydrogen-bond donors (Lipinski definition) is 15. The van der Waals surface area contributed by atoms with Crippen LogP contribution in [0.25, 0.3) is 0 Å². The molecule has 2 aromatic carbocycles. The molecule has 14 atom stereocenters. The van der Waals surface area contributed by atoms with Gasteiger partial charge in [-0.25, -0.2) is 0 Å². The smallest absolute Gasteiger partial charge is 0.243 e. The Hall–Kier alpha value is -7.77. The molecule has 0 radical (unpaired) electrons. The summed E-state index contributed by atoms with van der Waals surface area (Å²) in [7, 11) is 0.